The van der Waals surface area contributed by atoms with Gasteiger partial charge in [-0.05, 0) is 24.3 Å². The van der Waals surface area contributed by atoms with Gasteiger partial charge in [-0.25, -0.2) is 4.98 Å². The highest BCUT2D eigenvalue weighted by atomic mass is 35.5. The Morgan fingerprint density at radius 3 is 2.88 bits per heavy atom. The number of imidazole rings is 1. The minimum atomic E-state index is 0.690. The lowest BCUT2D eigenvalue weighted by molar-refractivity contribution is 1.15. The third-order valence-corrected chi connectivity index (χ3v) is 2.63. The van der Waals surface area contributed by atoms with Crippen LogP contribution in [0.15, 0.2) is 49.1 Å². The van der Waals surface area contributed by atoms with Crippen LogP contribution in [0.4, 0.5) is 0 Å². The average molecular weight is 230 g/mol. The molecule has 16 heavy (non-hydrogen) atoms. The SMILES string of the molecule is Clc1ccc2cnc(-c3cccnc3)n2c1. The van der Waals surface area contributed by atoms with Crippen molar-refractivity contribution in [2.75, 3.05) is 0 Å². The Morgan fingerprint density at radius 2 is 2.06 bits per heavy atom. The van der Waals surface area contributed by atoms with Crippen LogP contribution in [0.25, 0.3) is 16.9 Å². The zero-order valence-corrected chi connectivity index (χ0v) is 9.09. The molecule has 4 heteroatoms. The summed E-state index contributed by atoms with van der Waals surface area (Å²) in [6, 6.07) is 7.66. The van der Waals surface area contributed by atoms with Crippen LogP contribution in [0.2, 0.25) is 5.02 Å². The standard InChI is InChI=1S/C12H8ClN3/c13-10-3-4-11-7-15-12(16(11)8-10)9-2-1-5-14-6-9/h1-8H. The monoisotopic (exact) mass is 229 g/mol. The molecule has 0 unspecified atom stereocenters. The van der Waals surface area contributed by atoms with Crippen LogP contribution in [0.1, 0.15) is 0 Å². The van der Waals surface area contributed by atoms with Gasteiger partial charge in [0.25, 0.3) is 0 Å². The van der Waals surface area contributed by atoms with Crippen molar-refractivity contribution in [2.45, 2.75) is 0 Å². The van der Waals surface area contributed by atoms with Gasteiger partial charge in [-0.15, -0.1) is 0 Å². The third-order valence-electron chi connectivity index (χ3n) is 2.41. The van der Waals surface area contributed by atoms with E-state index in [1.165, 1.54) is 0 Å². The first-order valence-corrected chi connectivity index (χ1v) is 5.25. The first-order chi connectivity index (χ1) is 7.84. The summed E-state index contributed by atoms with van der Waals surface area (Å²) in [5.74, 6) is 0.852. The Bertz CT molecular complexity index is 631. The Hall–Kier alpha value is -1.87. The molecular weight excluding hydrogens is 222 g/mol. The maximum atomic E-state index is 5.97. The lowest BCUT2D eigenvalue weighted by atomic mass is 10.3. The van der Waals surface area contributed by atoms with Gasteiger partial charge in [0, 0.05) is 24.2 Å². The Balaban J connectivity index is 2.29. The molecule has 0 spiro atoms. The molecule has 0 radical (unpaired) electrons. The fraction of sp³-hybridized carbons (Fsp3) is 0. The van der Waals surface area contributed by atoms with Crippen molar-refractivity contribution in [1.82, 2.24) is 14.4 Å². The summed E-state index contributed by atoms with van der Waals surface area (Å²) < 4.78 is 1.96. The topological polar surface area (TPSA) is 30.2 Å². The van der Waals surface area contributed by atoms with E-state index in [2.05, 4.69) is 9.97 Å². The molecule has 0 fully saturated rings. The number of hydrogen-bond acceptors (Lipinski definition) is 2. The molecule has 0 bridgehead atoms. The molecule has 0 aliphatic heterocycles. The Morgan fingerprint density at radius 1 is 1.12 bits per heavy atom. The van der Waals surface area contributed by atoms with Gasteiger partial charge in [0.15, 0.2) is 0 Å². The molecule has 3 aromatic heterocycles. The molecule has 0 aromatic carbocycles. The number of fused-ring (bicyclic) bond motifs is 1. The summed E-state index contributed by atoms with van der Waals surface area (Å²) >= 11 is 5.97. The van der Waals surface area contributed by atoms with Crippen molar-refractivity contribution < 1.29 is 0 Å². The van der Waals surface area contributed by atoms with Crippen LogP contribution < -0.4 is 0 Å². The molecule has 0 saturated heterocycles. The quantitative estimate of drug-likeness (QED) is 0.642. The second-order valence-electron chi connectivity index (χ2n) is 3.47. The highest BCUT2D eigenvalue weighted by Crippen LogP contribution is 2.20. The number of aromatic nitrogens is 3. The summed E-state index contributed by atoms with van der Waals surface area (Å²) in [6.45, 7) is 0. The molecular formula is C12H8ClN3. The summed E-state index contributed by atoms with van der Waals surface area (Å²) in [5.41, 5.74) is 1.99. The molecule has 0 atom stereocenters. The maximum absolute atomic E-state index is 5.97. The maximum Gasteiger partial charge on any atom is 0.146 e. The van der Waals surface area contributed by atoms with E-state index in [4.69, 9.17) is 11.6 Å². The summed E-state index contributed by atoms with van der Waals surface area (Å²) in [5, 5.41) is 0.690. The Labute approximate surface area is 97.3 Å². The zero-order valence-electron chi connectivity index (χ0n) is 8.34. The number of rotatable bonds is 1. The average Bonchev–Trinajstić information content (AvgIpc) is 2.73. The van der Waals surface area contributed by atoms with E-state index in [-0.39, 0.29) is 0 Å². The van der Waals surface area contributed by atoms with Gasteiger partial charge in [0.1, 0.15) is 5.82 Å². The number of hydrogen-bond donors (Lipinski definition) is 0. The van der Waals surface area contributed by atoms with Crippen molar-refractivity contribution >= 4 is 17.1 Å². The smallest absolute Gasteiger partial charge is 0.146 e. The van der Waals surface area contributed by atoms with Gasteiger partial charge in [-0.2, -0.15) is 0 Å². The minimum absolute atomic E-state index is 0.690. The van der Waals surface area contributed by atoms with Gasteiger partial charge in [-0.1, -0.05) is 11.6 Å². The van der Waals surface area contributed by atoms with Crippen molar-refractivity contribution in [1.29, 1.82) is 0 Å². The molecule has 0 aliphatic carbocycles. The van der Waals surface area contributed by atoms with Crippen LogP contribution in [0, 0.1) is 0 Å². The van der Waals surface area contributed by atoms with E-state index in [1.807, 2.05) is 41.1 Å². The normalized spacial score (nSPS) is 10.8. The van der Waals surface area contributed by atoms with Crippen molar-refractivity contribution in [2.24, 2.45) is 0 Å². The highest BCUT2D eigenvalue weighted by Gasteiger charge is 2.05. The van der Waals surface area contributed by atoms with E-state index in [0.29, 0.717) is 5.02 Å². The predicted octanol–water partition coefficient (Wildman–Crippen LogP) is 3.05. The minimum Gasteiger partial charge on any atom is -0.298 e. The largest absolute Gasteiger partial charge is 0.298 e. The van der Waals surface area contributed by atoms with Crippen LogP contribution in [-0.2, 0) is 0 Å². The third kappa shape index (κ3) is 1.46. The molecule has 3 rings (SSSR count). The van der Waals surface area contributed by atoms with Gasteiger partial charge in [0.05, 0.1) is 16.7 Å². The molecule has 0 saturated carbocycles. The molecule has 3 nitrogen and oxygen atoms in total. The van der Waals surface area contributed by atoms with Gasteiger partial charge in [-0.3, -0.25) is 9.38 Å². The molecule has 3 heterocycles. The molecule has 0 N–H and O–H groups in total. The second kappa shape index (κ2) is 3.61. The van der Waals surface area contributed by atoms with E-state index >= 15 is 0 Å². The summed E-state index contributed by atoms with van der Waals surface area (Å²) in [6.07, 6.45) is 7.20. The lowest BCUT2D eigenvalue weighted by Crippen LogP contribution is -1.89. The van der Waals surface area contributed by atoms with Crippen molar-refractivity contribution in [3.05, 3.63) is 54.1 Å². The highest BCUT2D eigenvalue weighted by molar-refractivity contribution is 6.30. The number of nitrogens with zero attached hydrogens (tertiary/aromatic N) is 3. The van der Waals surface area contributed by atoms with E-state index < -0.39 is 0 Å². The molecule has 0 aliphatic rings. The summed E-state index contributed by atoms with van der Waals surface area (Å²) in [7, 11) is 0. The van der Waals surface area contributed by atoms with E-state index in [9.17, 15) is 0 Å². The zero-order chi connectivity index (χ0) is 11.0. The van der Waals surface area contributed by atoms with Crippen LogP contribution in [-0.4, -0.2) is 14.4 Å². The van der Waals surface area contributed by atoms with Crippen LogP contribution >= 0.6 is 11.6 Å². The molecule has 3 aromatic rings. The van der Waals surface area contributed by atoms with Crippen molar-refractivity contribution in [3.8, 4) is 11.4 Å². The van der Waals surface area contributed by atoms with Gasteiger partial charge < -0.3 is 0 Å². The van der Waals surface area contributed by atoms with Crippen LogP contribution in [0.5, 0.6) is 0 Å². The predicted molar refractivity (Wildman–Crippen MR) is 63.4 cm³/mol. The van der Waals surface area contributed by atoms with Gasteiger partial charge >= 0.3 is 0 Å². The molecule has 78 valence electrons. The lowest BCUT2D eigenvalue weighted by Gasteiger charge is -2.00. The van der Waals surface area contributed by atoms with Crippen molar-refractivity contribution in [3.63, 3.8) is 0 Å². The number of halogens is 1. The Kier molecular flexibility index (Phi) is 2.11. The summed E-state index contributed by atoms with van der Waals surface area (Å²) in [4.78, 5) is 8.45. The van der Waals surface area contributed by atoms with Gasteiger partial charge in [0.2, 0.25) is 0 Å². The van der Waals surface area contributed by atoms with E-state index in [0.717, 1.165) is 16.9 Å². The first-order valence-electron chi connectivity index (χ1n) is 4.87. The molecule has 0 amide bonds. The first kappa shape index (κ1) is 9.36. The fourth-order valence-corrected chi connectivity index (χ4v) is 1.83. The fourth-order valence-electron chi connectivity index (χ4n) is 1.67. The second-order valence-corrected chi connectivity index (χ2v) is 3.90. The van der Waals surface area contributed by atoms with E-state index in [1.54, 1.807) is 12.4 Å². The number of pyridine rings is 2. The van der Waals surface area contributed by atoms with Crippen LogP contribution in [0.3, 0.4) is 0 Å².